The normalized spacial score (nSPS) is 19.0. The van der Waals surface area contributed by atoms with E-state index in [0.29, 0.717) is 6.04 Å². The monoisotopic (exact) mass is 305 g/mol. The summed E-state index contributed by atoms with van der Waals surface area (Å²) in [6.45, 7) is 6.14. The van der Waals surface area contributed by atoms with Crippen molar-refractivity contribution in [1.29, 1.82) is 5.26 Å². The van der Waals surface area contributed by atoms with Crippen LogP contribution < -0.4 is 0 Å². The van der Waals surface area contributed by atoms with Gasteiger partial charge in [0.25, 0.3) is 0 Å². The van der Waals surface area contributed by atoms with E-state index in [-0.39, 0.29) is 6.04 Å². The second kappa shape index (κ2) is 7.41. The van der Waals surface area contributed by atoms with Crippen molar-refractivity contribution < 1.29 is 0 Å². The van der Waals surface area contributed by atoms with E-state index in [1.165, 1.54) is 5.56 Å². The predicted molar refractivity (Wildman–Crippen MR) is 92.8 cm³/mol. The SMILES string of the molecule is C[C@@H](c1ccccc1)N1CCN([C@@H](C#N)c2ccccc2)CC1. The van der Waals surface area contributed by atoms with Crippen molar-refractivity contribution in [3.63, 3.8) is 0 Å². The Balaban J connectivity index is 1.63. The summed E-state index contributed by atoms with van der Waals surface area (Å²) in [4.78, 5) is 4.80. The molecule has 1 aliphatic rings. The molecule has 3 nitrogen and oxygen atoms in total. The van der Waals surface area contributed by atoms with Gasteiger partial charge in [0.15, 0.2) is 0 Å². The average Bonchev–Trinajstić information content (AvgIpc) is 2.64. The minimum absolute atomic E-state index is 0.134. The van der Waals surface area contributed by atoms with E-state index >= 15 is 0 Å². The van der Waals surface area contributed by atoms with Gasteiger partial charge in [0, 0.05) is 32.2 Å². The number of piperazine rings is 1. The lowest BCUT2D eigenvalue weighted by molar-refractivity contribution is 0.0876. The van der Waals surface area contributed by atoms with Crippen LogP contribution >= 0.6 is 0 Å². The van der Waals surface area contributed by atoms with Crippen LogP contribution in [0.25, 0.3) is 0 Å². The van der Waals surface area contributed by atoms with Crippen molar-refractivity contribution >= 4 is 0 Å². The fourth-order valence-corrected chi connectivity index (χ4v) is 3.33. The lowest BCUT2D eigenvalue weighted by atomic mass is 10.0. The number of hydrogen-bond acceptors (Lipinski definition) is 3. The van der Waals surface area contributed by atoms with Gasteiger partial charge in [0.2, 0.25) is 0 Å². The Hall–Kier alpha value is -2.15. The highest BCUT2D eigenvalue weighted by Crippen LogP contribution is 2.25. The van der Waals surface area contributed by atoms with Crippen LogP contribution in [0.3, 0.4) is 0 Å². The molecule has 0 bridgehead atoms. The fourth-order valence-electron chi connectivity index (χ4n) is 3.33. The first-order valence-corrected chi connectivity index (χ1v) is 8.27. The Bertz CT molecular complexity index is 640. The van der Waals surface area contributed by atoms with Crippen LogP contribution in [-0.4, -0.2) is 36.0 Å². The largest absolute Gasteiger partial charge is 0.294 e. The Labute approximate surface area is 138 Å². The second-order valence-electron chi connectivity index (χ2n) is 6.10. The third kappa shape index (κ3) is 3.61. The molecule has 3 rings (SSSR count). The van der Waals surface area contributed by atoms with E-state index < -0.39 is 0 Å². The average molecular weight is 305 g/mol. The molecular weight excluding hydrogens is 282 g/mol. The van der Waals surface area contributed by atoms with Crippen molar-refractivity contribution in [2.24, 2.45) is 0 Å². The van der Waals surface area contributed by atoms with E-state index in [9.17, 15) is 5.26 Å². The third-order valence-electron chi connectivity index (χ3n) is 4.78. The van der Waals surface area contributed by atoms with Gasteiger partial charge in [0.1, 0.15) is 6.04 Å². The first-order chi connectivity index (χ1) is 11.3. The van der Waals surface area contributed by atoms with Crippen molar-refractivity contribution in [3.8, 4) is 6.07 Å². The summed E-state index contributed by atoms with van der Waals surface area (Å²) in [5.41, 5.74) is 2.46. The molecule has 2 atom stereocenters. The van der Waals surface area contributed by atoms with E-state index in [1.54, 1.807) is 0 Å². The van der Waals surface area contributed by atoms with E-state index in [4.69, 9.17) is 0 Å². The molecule has 0 amide bonds. The molecule has 1 fully saturated rings. The molecule has 0 N–H and O–H groups in total. The van der Waals surface area contributed by atoms with Crippen molar-refractivity contribution in [1.82, 2.24) is 9.80 Å². The molecule has 0 aliphatic carbocycles. The molecule has 1 saturated heterocycles. The Kier molecular flexibility index (Phi) is 5.07. The van der Waals surface area contributed by atoms with Crippen LogP contribution in [0.1, 0.15) is 30.1 Å². The van der Waals surface area contributed by atoms with Gasteiger partial charge in [0.05, 0.1) is 6.07 Å². The third-order valence-corrected chi connectivity index (χ3v) is 4.78. The van der Waals surface area contributed by atoms with Crippen LogP contribution in [0.2, 0.25) is 0 Å². The first kappa shape index (κ1) is 15.7. The Morgan fingerprint density at radius 1 is 0.783 bits per heavy atom. The summed E-state index contributed by atoms with van der Waals surface area (Å²) in [7, 11) is 0. The highest BCUT2D eigenvalue weighted by molar-refractivity contribution is 5.24. The van der Waals surface area contributed by atoms with E-state index in [0.717, 1.165) is 31.7 Å². The zero-order valence-corrected chi connectivity index (χ0v) is 13.6. The summed E-state index contributed by atoms with van der Waals surface area (Å²) >= 11 is 0. The highest BCUT2D eigenvalue weighted by Gasteiger charge is 2.27. The highest BCUT2D eigenvalue weighted by atomic mass is 15.3. The summed E-state index contributed by atoms with van der Waals surface area (Å²) in [6, 6.07) is 23.5. The van der Waals surface area contributed by atoms with Gasteiger partial charge in [-0.3, -0.25) is 9.80 Å². The summed E-state index contributed by atoms with van der Waals surface area (Å²) in [5, 5.41) is 9.58. The van der Waals surface area contributed by atoms with Crippen molar-refractivity contribution in [2.45, 2.75) is 19.0 Å². The molecule has 118 valence electrons. The summed E-state index contributed by atoms with van der Waals surface area (Å²) in [5.74, 6) is 0. The van der Waals surface area contributed by atoms with Crippen LogP contribution in [0.4, 0.5) is 0 Å². The van der Waals surface area contributed by atoms with E-state index in [1.807, 2.05) is 30.3 Å². The van der Waals surface area contributed by atoms with Crippen molar-refractivity contribution in [2.75, 3.05) is 26.2 Å². The quantitative estimate of drug-likeness (QED) is 0.864. The molecule has 2 aromatic carbocycles. The smallest absolute Gasteiger partial charge is 0.123 e. The summed E-state index contributed by atoms with van der Waals surface area (Å²) < 4.78 is 0. The molecule has 0 unspecified atom stereocenters. The standard InChI is InChI=1S/C20H23N3/c1-17(18-8-4-2-5-9-18)22-12-14-23(15-13-22)20(16-21)19-10-6-3-7-11-19/h2-11,17,20H,12-15H2,1H3/t17-,20-/m0/s1. The van der Waals surface area contributed by atoms with Crippen LogP contribution in [-0.2, 0) is 0 Å². The zero-order valence-electron chi connectivity index (χ0n) is 13.6. The van der Waals surface area contributed by atoms with Gasteiger partial charge < -0.3 is 0 Å². The van der Waals surface area contributed by atoms with Gasteiger partial charge >= 0.3 is 0 Å². The first-order valence-electron chi connectivity index (χ1n) is 8.27. The molecule has 23 heavy (non-hydrogen) atoms. The topological polar surface area (TPSA) is 30.3 Å². The van der Waals surface area contributed by atoms with Gasteiger partial charge in [-0.15, -0.1) is 0 Å². The van der Waals surface area contributed by atoms with Gasteiger partial charge in [-0.2, -0.15) is 5.26 Å². The molecule has 0 radical (unpaired) electrons. The molecule has 1 aliphatic heterocycles. The minimum Gasteiger partial charge on any atom is -0.294 e. The number of nitrogens with zero attached hydrogens (tertiary/aromatic N) is 3. The van der Waals surface area contributed by atoms with Gasteiger partial charge in [-0.05, 0) is 18.1 Å². The number of benzene rings is 2. The Morgan fingerprint density at radius 3 is 1.78 bits per heavy atom. The molecule has 0 spiro atoms. The van der Waals surface area contributed by atoms with Gasteiger partial charge in [-0.1, -0.05) is 60.7 Å². The van der Waals surface area contributed by atoms with Crippen LogP contribution in [0, 0.1) is 11.3 Å². The molecule has 2 aromatic rings. The predicted octanol–water partition coefficient (Wildman–Crippen LogP) is 3.63. The summed E-state index contributed by atoms with van der Waals surface area (Å²) in [6.07, 6.45) is 0. The Morgan fingerprint density at radius 2 is 1.26 bits per heavy atom. The maximum absolute atomic E-state index is 9.58. The molecule has 3 heteroatoms. The fraction of sp³-hybridized carbons (Fsp3) is 0.350. The number of rotatable bonds is 4. The second-order valence-corrected chi connectivity index (χ2v) is 6.10. The number of nitriles is 1. The van der Waals surface area contributed by atoms with Crippen LogP contribution in [0.5, 0.6) is 0 Å². The van der Waals surface area contributed by atoms with Crippen molar-refractivity contribution in [3.05, 3.63) is 71.8 Å². The van der Waals surface area contributed by atoms with E-state index in [2.05, 4.69) is 53.1 Å². The van der Waals surface area contributed by atoms with Gasteiger partial charge in [-0.25, -0.2) is 0 Å². The minimum atomic E-state index is -0.134. The molecule has 0 aromatic heterocycles. The zero-order chi connectivity index (χ0) is 16.1. The molecule has 1 heterocycles. The molecular formula is C20H23N3. The van der Waals surface area contributed by atoms with Crippen LogP contribution in [0.15, 0.2) is 60.7 Å². The lowest BCUT2D eigenvalue weighted by Crippen LogP contribution is -2.48. The number of hydrogen-bond donors (Lipinski definition) is 0. The molecule has 0 saturated carbocycles. The maximum atomic E-state index is 9.58. The lowest BCUT2D eigenvalue weighted by Gasteiger charge is -2.40. The maximum Gasteiger partial charge on any atom is 0.123 e.